The van der Waals surface area contributed by atoms with Crippen LogP contribution in [-0.4, -0.2) is 39.1 Å². The van der Waals surface area contributed by atoms with Crippen LogP contribution < -0.4 is 5.32 Å². The molecule has 0 saturated carbocycles. The summed E-state index contributed by atoms with van der Waals surface area (Å²) in [6.07, 6.45) is 4.81. The summed E-state index contributed by atoms with van der Waals surface area (Å²) in [4.78, 5) is 0. The Morgan fingerprint density at radius 3 is 2.88 bits per heavy atom. The molecule has 2 aliphatic heterocycles. The van der Waals surface area contributed by atoms with E-state index in [1.165, 1.54) is 12.8 Å². The van der Waals surface area contributed by atoms with Crippen LogP contribution >= 0.6 is 0 Å². The van der Waals surface area contributed by atoms with Crippen LogP contribution in [0.1, 0.15) is 30.9 Å². The number of piperidine rings is 1. The van der Waals surface area contributed by atoms with Crippen molar-refractivity contribution in [2.45, 2.75) is 44.8 Å². The Morgan fingerprint density at radius 2 is 2.06 bits per heavy atom. The number of fused-ring (bicyclic) bond motifs is 1. The third kappa shape index (κ3) is 2.35. The molecule has 0 aromatic carbocycles. The summed E-state index contributed by atoms with van der Waals surface area (Å²) in [7, 11) is 0. The lowest BCUT2D eigenvalue weighted by molar-refractivity contribution is 0.140. The lowest BCUT2D eigenvalue weighted by atomic mass is 9.94. The number of rotatable bonds is 2. The molecule has 94 valence electrons. The van der Waals surface area contributed by atoms with Crippen molar-refractivity contribution in [1.82, 2.24) is 20.1 Å². The van der Waals surface area contributed by atoms with Crippen LogP contribution in [0.4, 0.5) is 0 Å². The third-order valence-corrected chi connectivity index (χ3v) is 3.94. The van der Waals surface area contributed by atoms with Crippen LogP contribution in [0.15, 0.2) is 0 Å². The average molecular weight is 236 g/mol. The van der Waals surface area contributed by atoms with Crippen LogP contribution in [0.5, 0.6) is 0 Å². The number of aromatic nitrogens is 3. The fourth-order valence-electron chi connectivity index (χ4n) is 2.87. The summed E-state index contributed by atoms with van der Waals surface area (Å²) in [5.74, 6) is 2.84. The quantitative estimate of drug-likeness (QED) is 0.766. The van der Waals surface area contributed by atoms with Crippen molar-refractivity contribution in [2.24, 2.45) is 5.92 Å². The number of hydrogen-bond acceptors (Lipinski definition) is 4. The van der Waals surface area contributed by atoms with Gasteiger partial charge in [-0.15, -0.1) is 10.2 Å². The average Bonchev–Trinajstić information content (AvgIpc) is 2.73. The SMILES string of the molecule is OC1CCn2c(nnc2CC2CCNCC2)C1. The fourth-order valence-corrected chi connectivity index (χ4v) is 2.87. The molecular formula is C12H20N4O. The van der Waals surface area contributed by atoms with Gasteiger partial charge in [0.1, 0.15) is 11.6 Å². The Kier molecular flexibility index (Phi) is 3.11. The zero-order valence-corrected chi connectivity index (χ0v) is 10.1. The van der Waals surface area contributed by atoms with Crippen molar-refractivity contribution < 1.29 is 5.11 Å². The first-order valence-corrected chi connectivity index (χ1v) is 6.62. The molecule has 17 heavy (non-hydrogen) atoms. The largest absolute Gasteiger partial charge is 0.393 e. The van der Waals surface area contributed by atoms with Crippen molar-refractivity contribution in [3.63, 3.8) is 0 Å². The van der Waals surface area contributed by atoms with Gasteiger partial charge in [0.25, 0.3) is 0 Å². The summed E-state index contributed by atoms with van der Waals surface area (Å²) >= 11 is 0. The van der Waals surface area contributed by atoms with Gasteiger partial charge in [-0.25, -0.2) is 0 Å². The maximum atomic E-state index is 9.60. The van der Waals surface area contributed by atoms with Gasteiger partial charge >= 0.3 is 0 Å². The number of aliphatic hydroxyl groups is 1. The highest BCUT2D eigenvalue weighted by Crippen LogP contribution is 2.20. The lowest BCUT2D eigenvalue weighted by Crippen LogP contribution is -2.30. The van der Waals surface area contributed by atoms with E-state index in [4.69, 9.17) is 0 Å². The standard InChI is InChI=1S/C12H20N4O/c17-10-3-6-16-11(14-15-12(16)8-10)7-9-1-4-13-5-2-9/h9-10,13,17H,1-8H2. The molecule has 0 spiro atoms. The molecule has 1 atom stereocenters. The van der Waals surface area contributed by atoms with E-state index < -0.39 is 0 Å². The second-order valence-corrected chi connectivity index (χ2v) is 5.23. The predicted molar refractivity (Wildman–Crippen MR) is 63.6 cm³/mol. The predicted octanol–water partition coefficient (Wildman–Crippen LogP) is 0.127. The monoisotopic (exact) mass is 236 g/mol. The fraction of sp³-hybridized carbons (Fsp3) is 0.833. The Balaban J connectivity index is 1.71. The van der Waals surface area contributed by atoms with Crippen LogP contribution in [0, 0.1) is 5.92 Å². The second kappa shape index (κ2) is 4.74. The molecule has 0 aliphatic carbocycles. The topological polar surface area (TPSA) is 63.0 Å². The van der Waals surface area contributed by atoms with Gasteiger partial charge < -0.3 is 15.0 Å². The van der Waals surface area contributed by atoms with Gasteiger partial charge in [-0.05, 0) is 38.3 Å². The van der Waals surface area contributed by atoms with Crippen LogP contribution in [0.2, 0.25) is 0 Å². The minimum absolute atomic E-state index is 0.224. The third-order valence-electron chi connectivity index (χ3n) is 3.94. The molecule has 2 N–H and O–H groups in total. The van der Waals surface area contributed by atoms with Crippen LogP contribution in [0.3, 0.4) is 0 Å². The molecule has 2 aliphatic rings. The Bertz CT molecular complexity index is 384. The Hall–Kier alpha value is -0.940. The van der Waals surface area contributed by atoms with E-state index in [-0.39, 0.29) is 6.10 Å². The van der Waals surface area contributed by atoms with E-state index in [9.17, 15) is 5.11 Å². The molecule has 5 nitrogen and oxygen atoms in total. The van der Waals surface area contributed by atoms with Crippen molar-refractivity contribution in [3.05, 3.63) is 11.6 Å². The lowest BCUT2D eigenvalue weighted by Gasteiger charge is -2.24. The number of hydrogen-bond donors (Lipinski definition) is 2. The van der Waals surface area contributed by atoms with Crippen LogP contribution in [-0.2, 0) is 19.4 Å². The van der Waals surface area contributed by atoms with E-state index >= 15 is 0 Å². The van der Waals surface area contributed by atoms with E-state index in [0.717, 1.165) is 50.0 Å². The summed E-state index contributed by atoms with van der Waals surface area (Å²) in [5, 5.41) is 21.5. The van der Waals surface area contributed by atoms with Gasteiger partial charge in [0, 0.05) is 19.4 Å². The Labute approximate surface area is 101 Å². The van der Waals surface area contributed by atoms with Gasteiger partial charge in [-0.1, -0.05) is 0 Å². The molecule has 5 heteroatoms. The summed E-state index contributed by atoms with van der Waals surface area (Å²) < 4.78 is 2.22. The molecule has 1 saturated heterocycles. The molecule has 0 bridgehead atoms. The number of nitrogens with zero attached hydrogens (tertiary/aromatic N) is 3. The second-order valence-electron chi connectivity index (χ2n) is 5.23. The minimum atomic E-state index is -0.224. The van der Waals surface area contributed by atoms with E-state index in [1.54, 1.807) is 0 Å². The van der Waals surface area contributed by atoms with E-state index in [0.29, 0.717) is 6.42 Å². The number of nitrogens with one attached hydrogen (secondary N) is 1. The maximum absolute atomic E-state index is 9.60. The highest BCUT2D eigenvalue weighted by Gasteiger charge is 2.23. The molecule has 3 rings (SSSR count). The van der Waals surface area contributed by atoms with Crippen molar-refractivity contribution in [1.29, 1.82) is 0 Å². The van der Waals surface area contributed by atoms with Crippen LogP contribution in [0.25, 0.3) is 0 Å². The first-order valence-electron chi connectivity index (χ1n) is 6.62. The molecule has 1 aromatic rings. The molecule has 3 heterocycles. The van der Waals surface area contributed by atoms with E-state index in [1.807, 2.05) is 0 Å². The molecule has 0 amide bonds. The minimum Gasteiger partial charge on any atom is -0.393 e. The summed E-state index contributed by atoms with van der Waals surface area (Å²) in [6, 6.07) is 0. The van der Waals surface area contributed by atoms with Gasteiger partial charge in [0.2, 0.25) is 0 Å². The van der Waals surface area contributed by atoms with Gasteiger partial charge in [-0.3, -0.25) is 0 Å². The molecule has 1 fully saturated rings. The molecular weight excluding hydrogens is 216 g/mol. The van der Waals surface area contributed by atoms with Gasteiger partial charge in [-0.2, -0.15) is 0 Å². The van der Waals surface area contributed by atoms with E-state index in [2.05, 4.69) is 20.1 Å². The zero-order valence-electron chi connectivity index (χ0n) is 10.1. The maximum Gasteiger partial charge on any atom is 0.135 e. The van der Waals surface area contributed by atoms with Crippen molar-refractivity contribution in [3.8, 4) is 0 Å². The highest BCUT2D eigenvalue weighted by molar-refractivity contribution is 5.02. The molecule has 1 unspecified atom stereocenters. The normalized spacial score (nSPS) is 25.8. The Morgan fingerprint density at radius 1 is 1.24 bits per heavy atom. The van der Waals surface area contributed by atoms with Gasteiger partial charge in [0.05, 0.1) is 6.10 Å². The van der Waals surface area contributed by atoms with Crippen molar-refractivity contribution >= 4 is 0 Å². The molecule has 1 aromatic heterocycles. The smallest absolute Gasteiger partial charge is 0.135 e. The van der Waals surface area contributed by atoms with Gasteiger partial charge in [0.15, 0.2) is 0 Å². The van der Waals surface area contributed by atoms with Crippen molar-refractivity contribution in [2.75, 3.05) is 13.1 Å². The number of aliphatic hydroxyl groups excluding tert-OH is 1. The first kappa shape index (κ1) is 11.2. The summed E-state index contributed by atoms with van der Waals surface area (Å²) in [6.45, 7) is 3.14. The first-order chi connectivity index (χ1) is 8.33. The zero-order chi connectivity index (χ0) is 11.7. The highest BCUT2D eigenvalue weighted by atomic mass is 16.3. The summed E-state index contributed by atoms with van der Waals surface area (Å²) in [5.41, 5.74) is 0. The molecule has 0 radical (unpaired) electrons.